The van der Waals surface area contributed by atoms with Crippen LogP contribution < -0.4 is 5.32 Å². The Balaban J connectivity index is 3.89. The normalized spacial score (nSPS) is 12.2. The van der Waals surface area contributed by atoms with Gasteiger partial charge in [-0.3, -0.25) is 4.79 Å². The number of aliphatic hydroxyl groups is 1. The Morgan fingerprint density at radius 3 is 2.64 bits per heavy atom. The first-order valence-electron chi connectivity index (χ1n) is 3.21. The van der Waals surface area contributed by atoms with E-state index in [1.807, 2.05) is 6.26 Å². The van der Waals surface area contributed by atoms with E-state index >= 15 is 0 Å². The number of nitrogens with one attached hydrogen (secondary N) is 1. The van der Waals surface area contributed by atoms with Crippen LogP contribution in [0.5, 0.6) is 0 Å². The summed E-state index contributed by atoms with van der Waals surface area (Å²) >= 11 is 1.54. The highest BCUT2D eigenvalue weighted by molar-refractivity contribution is 7.98. The molecule has 1 amide bonds. The summed E-state index contributed by atoms with van der Waals surface area (Å²) < 4.78 is 0. The topological polar surface area (TPSA) is 49.3 Å². The molecule has 1 atom stereocenters. The smallest absolute Gasteiger partial charge is 0.217 e. The molecule has 0 spiro atoms. The number of thioether (sulfide) groups is 1. The highest BCUT2D eigenvalue weighted by Crippen LogP contribution is 2.02. The van der Waals surface area contributed by atoms with E-state index in [1.54, 1.807) is 11.8 Å². The molecule has 2 N–H and O–H groups in total. The van der Waals surface area contributed by atoms with Crippen molar-refractivity contribution in [3.8, 4) is 0 Å². The lowest BCUT2D eigenvalue weighted by Crippen LogP contribution is -2.36. The summed E-state index contributed by atoms with van der Waals surface area (Å²) in [6, 6.07) is -0.317. The van der Waals surface area contributed by atoms with Gasteiger partial charge < -0.3 is 10.4 Å². The number of amides is 1. The van der Waals surface area contributed by atoms with Crippen molar-refractivity contribution in [1.82, 2.24) is 5.32 Å². The molecule has 11 heavy (non-hydrogen) atoms. The van der Waals surface area contributed by atoms with Gasteiger partial charge >= 0.3 is 0 Å². The van der Waals surface area contributed by atoms with E-state index in [-0.39, 0.29) is 17.7 Å². The Morgan fingerprint density at radius 1 is 1.82 bits per heavy atom. The van der Waals surface area contributed by atoms with Crippen LogP contribution in [0.3, 0.4) is 0 Å². The summed E-state index contributed by atoms with van der Waals surface area (Å²) in [7, 11) is 0. The molecule has 0 aliphatic rings. The molecule has 1 unspecified atom stereocenters. The summed E-state index contributed by atoms with van der Waals surface area (Å²) in [4.78, 5) is 10.6. The largest absolute Gasteiger partial charge is 0.511 e. The van der Waals surface area contributed by atoms with Crippen LogP contribution in [0.4, 0.5) is 0 Å². The summed E-state index contributed by atoms with van der Waals surface area (Å²) in [6.45, 7) is 4.77. The fourth-order valence-electron chi connectivity index (χ4n) is 0.633. The van der Waals surface area contributed by atoms with Crippen LogP contribution >= 0.6 is 11.8 Å². The molecule has 0 rings (SSSR count). The molecule has 0 aliphatic heterocycles. The van der Waals surface area contributed by atoms with Crippen molar-refractivity contribution in [3.05, 3.63) is 12.3 Å². The predicted octanol–water partition coefficient (Wildman–Crippen LogP) is 0.926. The van der Waals surface area contributed by atoms with E-state index < -0.39 is 0 Å². The van der Waals surface area contributed by atoms with Crippen molar-refractivity contribution in [2.24, 2.45) is 0 Å². The zero-order valence-electron chi connectivity index (χ0n) is 6.76. The van der Waals surface area contributed by atoms with Gasteiger partial charge in [-0.1, -0.05) is 6.58 Å². The van der Waals surface area contributed by atoms with Gasteiger partial charge in [0.2, 0.25) is 5.91 Å². The van der Waals surface area contributed by atoms with Gasteiger partial charge in [0.15, 0.2) is 0 Å². The molecule has 0 aromatic rings. The maximum absolute atomic E-state index is 10.6. The highest BCUT2D eigenvalue weighted by atomic mass is 32.2. The molecule has 0 heterocycles. The second-order valence-electron chi connectivity index (χ2n) is 2.20. The number of hydrogen-bond acceptors (Lipinski definition) is 3. The minimum absolute atomic E-state index is 0.00884. The first-order valence-corrected chi connectivity index (χ1v) is 4.61. The zero-order chi connectivity index (χ0) is 8.85. The van der Waals surface area contributed by atoms with E-state index in [9.17, 15) is 4.79 Å². The average Bonchev–Trinajstić information content (AvgIpc) is 1.86. The number of carbonyl (C=O) groups excluding carboxylic acids is 1. The molecule has 0 bridgehead atoms. The van der Waals surface area contributed by atoms with Crippen LogP contribution in [0, 0.1) is 0 Å². The third kappa shape index (κ3) is 4.72. The van der Waals surface area contributed by atoms with E-state index in [0.29, 0.717) is 5.75 Å². The molecule has 4 heteroatoms. The van der Waals surface area contributed by atoms with Crippen molar-refractivity contribution in [3.63, 3.8) is 0 Å². The van der Waals surface area contributed by atoms with Gasteiger partial charge in [0.25, 0.3) is 0 Å². The van der Waals surface area contributed by atoms with Crippen molar-refractivity contribution in [2.75, 3.05) is 12.0 Å². The lowest BCUT2D eigenvalue weighted by atomic mass is 10.3. The van der Waals surface area contributed by atoms with Crippen LogP contribution in [0.25, 0.3) is 0 Å². The molecule has 0 radical (unpaired) electrons. The van der Waals surface area contributed by atoms with Crippen LogP contribution in [-0.2, 0) is 4.79 Å². The van der Waals surface area contributed by atoms with E-state index in [4.69, 9.17) is 5.11 Å². The van der Waals surface area contributed by atoms with Crippen molar-refractivity contribution >= 4 is 17.7 Å². The fourth-order valence-corrected chi connectivity index (χ4v) is 1.24. The molecular formula is C7H13NO2S. The van der Waals surface area contributed by atoms with Gasteiger partial charge in [0.1, 0.15) is 5.76 Å². The first kappa shape index (κ1) is 10.4. The second-order valence-corrected chi connectivity index (χ2v) is 3.11. The molecule has 3 nitrogen and oxygen atoms in total. The van der Waals surface area contributed by atoms with Gasteiger partial charge in [0, 0.05) is 12.7 Å². The number of carbonyl (C=O) groups is 1. The standard InChI is InChI=1S/C7H13NO2S/c1-5(9)7(4-11-3)8-6(2)10/h7,9H,1,4H2,2-3H3,(H,8,10). The molecule has 0 aromatic carbocycles. The molecule has 0 aliphatic carbocycles. The van der Waals surface area contributed by atoms with E-state index in [0.717, 1.165) is 0 Å². The first-order chi connectivity index (χ1) is 5.07. The lowest BCUT2D eigenvalue weighted by molar-refractivity contribution is -0.119. The SMILES string of the molecule is C=C(O)C(CSC)NC(C)=O. The van der Waals surface area contributed by atoms with Gasteiger partial charge in [-0.15, -0.1) is 0 Å². The lowest BCUT2D eigenvalue weighted by Gasteiger charge is -2.14. The average molecular weight is 175 g/mol. The summed E-state index contributed by atoms with van der Waals surface area (Å²) in [5.41, 5.74) is 0. The minimum Gasteiger partial charge on any atom is -0.511 e. The van der Waals surface area contributed by atoms with Crippen molar-refractivity contribution in [1.29, 1.82) is 0 Å². The molecule has 64 valence electrons. The Labute approximate surface area is 70.9 Å². The molecule has 0 saturated carbocycles. The van der Waals surface area contributed by atoms with Crippen LogP contribution in [0.2, 0.25) is 0 Å². The fraction of sp³-hybridized carbons (Fsp3) is 0.571. The predicted molar refractivity (Wildman–Crippen MR) is 47.8 cm³/mol. The molecule has 0 aromatic heterocycles. The van der Waals surface area contributed by atoms with Crippen LogP contribution in [0.15, 0.2) is 12.3 Å². The van der Waals surface area contributed by atoms with Gasteiger partial charge in [-0.05, 0) is 6.26 Å². The van der Waals surface area contributed by atoms with Gasteiger partial charge in [-0.25, -0.2) is 0 Å². The van der Waals surface area contributed by atoms with E-state index in [1.165, 1.54) is 6.92 Å². The summed E-state index contributed by atoms with van der Waals surface area (Å²) in [5, 5.41) is 11.5. The highest BCUT2D eigenvalue weighted by Gasteiger charge is 2.11. The Kier molecular flexibility index (Phi) is 4.77. The quantitative estimate of drug-likeness (QED) is 0.625. The maximum atomic E-state index is 10.6. The van der Waals surface area contributed by atoms with Gasteiger partial charge in [0.05, 0.1) is 6.04 Å². The van der Waals surface area contributed by atoms with E-state index in [2.05, 4.69) is 11.9 Å². The molecular weight excluding hydrogens is 162 g/mol. The Hall–Kier alpha value is -0.640. The molecule has 0 saturated heterocycles. The zero-order valence-corrected chi connectivity index (χ0v) is 7.57. The number of rotatable bonds is 4. The third-order valence-electron chi connectivity index (χ3n) is 1.11. The second kappa shape index (κ2) is 5.07. The summed E-state index contributed by atoms with van der Waals surface area (Å²) in [5.74, 6) is 0.503. The minimum atomic E-state index is -0.317. The summed E-state index contributed by atoms with van der Waals surface area (Å²) in [6.07, 6.45) is 1.90. The van der Waals surface area contributed by atoms with Crippen molar-refractivity contribution < 1.29 is 9.90 Å². The Morgan fingerprint density at radius 2 is 2.36 bits per heavy atom. The monoisotopic (exact) mass is 175 g/mol. The number of aliphatic hydroxyl groups excluding tert-OH is 1. The van der Waals surface area contributed by atoms with Crippen LogP contribution in [-0.4, -0.2) is 29.1 Å². The van der Waals surface area contributed by atoms with Crippen molar-refractivity contribution in [2.45, 2.75) is 13.0 Å². The maximum Gasteiger partial charge on any atom is 0.217 e. The van der Waals surface area contributed by atoms with Crippen LogP contribution in [0.1, 0.15) is 6.92 Å². The molecule has 0 fully saturated rings. The Bertz CT molecular complexity index is 159. The number of hydrogen-bond donors (Lipinski definition) is 2. The third-order valence-corrected chi connectivity index (χ3v) is 1.78. The van der Waals surface area contributed by atoms with Gasteiger partial charge in [-0.2, -0.15) is 11.8 Å².